The molecule has 4 nitrogen and oxygen atoms in total. The molecule has 2 aromatic rings. The van der Waals surface area contributed by atoms with E-state index in [1.165, 1.54) is 0 Å². The van der Waals surface area contributed by atoms with Gasteiger partial charge in [0.25, 0.3) is 0 Å². The van der Waals surface area contributed by atoms with Gasteiger partial charge in [-0.1, -0.05) is 12.1 Å². The minimum absolute atomic E-state index is 0.102. The van der Waals surface area contributed by atoms with Crippen LogP contribution in [0.4, 0.5) is 5.69 Å². The Morgan fingerprint density at radius 2 is 1.89 bits per heavy atom. The van der Waals surface area contributed by atoms with Crippen molar-refractivity contribution in [3.8, 4) is 5.75 Å². The summed E-state index contributed by atoms with van der Waals surface area (Å²) in [6, 6.07) is 11.6. The number of hydrogen-bond donors (Lipinski definition) is 1. The second-order valence-corrected chi connectivity index (χ2v) is 4.32. The highest BCUT2D eigenvalue weighted by molar-refractivity contribution is 5.96. The Balaban J connectivity index is 2.33. The average Bonchev–Trinajstić information content (AvgIpc) is 2.45. The van der Waals surface area contributed by atoms with Crippen LogP contribution in [0.1, 0.15) is 6.42 Å². The van der Waals surface area contributed by atoms with Crippen molar-refractivity contribution in [1.82, 2.24) is 0 Å². The molecule has 0 atom stereocenters. The molecule has 0 saturated carbocycles. The zero-order valence-corrected chi connectivity index (χ0v) is 11.1. The van der Waals surface area contributed by atoms with E-state index < -0.39 is 0 Å². The first kappa shape index (κ1) is 13.4. The normalized spacial score (nSPS) is 10.5. The van der Waals surface area contributed by atoms with Crippen molar-refractivity contribution in [3.05, 3.63) is 36.4 Å². The fourth-order valence-corrected chi connectivity index (χ4v) is 1.95. The van der Waals surface area contributed by atoms with Crippen LogP contribution in [0.25, 0.3) is 10.8 Å². The number of hydrogen-bond acceptors (Lipinski definition) is 3. The molecule has 0 aromatic heterocycles. The van der Waals surface area contributed by atoms with Gasteiger partial charge in [-0.25, -0.2) is 0 Å². The van der Waals surface area contributed by atoms with Gasteiger partial charge in [-0.2, -0.15) is 0 Å². The third-order valence-electron chi connectivity index (χ3n) is 3.12. The fourth-order valence-electron chi connectivity index (χ4n) is 1.95. The zero-order valence-electron chi connectivity index (χ0n) is 11.1. The van der Waals surface area contributed by atoms with Crippen molar-refractivity contribution >= 4 is 22.4 Å². The standard InChI is InChI=1S/C15H17NO3/c1-16(15(18)7-8-17)13-5-3-12-10-14(19-2)6-4-11(12)9-13/h3-6,9-10,17H,7-8H2,1-2H3. The van der Waals surface area contributed by atoms with Gasteiger partial charge in [0.05, 0.1) is 20.1 Å². The first-order valence-corrected chi connectivity index (χ1v) is 6.11. The van der Waals surface area contributed by atoms with E-state index in [0.29, 0.717) is 0 Å². The van der Waals surface area contributed by atoms with E-state index in [9.17, 15) is 4.79 Å². The van der Waals surface area contributed by atoms with E-state index >= 15 is 0 Å². The van der Waals surface area contributed by atoms with Gasteiger partial charge < -0.3 is 14.7 Å². The van der Waals surface area contributed by atoms with Crippen LogP contribution < -0.4 is 9.64 Å². The SMILES string of the molecule is COc1ccc2cc(N(C)C(=O)CCO)ccc2c1. The van der Waals surface area contributed by atoms with Crippen molar-refractivity contribution in [2.75, 3.05) is 25.7 Å². The average molecular weight is 259 g/mol. The van der Waals surface area contributed by atoms with Crippen LogP contribution in [0.3, 0.4) is 0 Å². The van der Waals surface area contributed by atoms with Gasteiger partial charge >= 0.3 is 0 Å². The van der Waals surface area contributed by atoms with Crippen LogP contribution >= 0.6 is 0 Å². The molecule has 19 heavy (non-hydrogen) atoms. The lowest BCUT2D eigenvalue weighted by molar-refractivity contribution is -0.118. The predicted octanol–water partition coefficient (Wildman–Crippen LogP) is 2.19. The first-order valence-electron chi connectivity index (χ1n) is 6.11. The summed E-state index contributed by atoms with van der Waals surface area (Å²) in [7, 11) is 3.35. The molecule has 0 aliphatic rings. The molecule has 4 heteroatoms. The number of amides is 1. The van der Waals surface area contributed by atoms with Gasteiger partial charge in [0.15, 0.2) is 0 Å². The molecule has 100 valence electrons. The van der Waals surface area contributed by atoms with Gasteiger partial charge in [-0.15, -0.1) is 0 Å². The van der Waals surface area contributed by atoms with Gasteiger partial charge in [0.2, 0.25) is 5.91 Å². The monoisotopic (exact) mass is 259 g/mol. The highest BCUT2D eigenvalue weighted by Gasteiger charge is 2.10. The quantitative estimate of drug-likeness (QED) is 0.915. The Bertz CT molecular complexity index is 595. The van der Waals surface area contributed by atoms with E-state index in [2.05, 4.69) is 0 Å². The van der Waals surface area contributed by atoms with Gasteiger partial charge in [0, 0.05) is 12.7 Å². The maximum Gasteiger partial charge on any atom is 0.229 e. The summed E-state index contributed by atoms with van der Waals surface area (Å²) in [5, 5.41) is 10.9. The lowest BCUT2D eigenvalue weighted by atomic mass is 10.1. The molecular formula is C15H17NO3. The van der Waals surface area contributed by atoms with Crippen molar-refractivity contribution in [2.45, 2.75) is 6.42 Å². The molecule has 0 spiro atoms. The summed E-state index contributed by atoms with van der Waals surface area (Å²) in [5.41, 5.74) is 0.816. The first-order chi connectivity index (χ1) is 9.15. The van der Waals surface area contributed by atoms with Crippen LogP contribution in [0.15, 0.2) is 36.4 Å². The van der Waals surface area contributed by atoms with Gasteiger partial charge in [-0.05, 0) is 35.0 Å². The lowest BCUT2D eigenvalue weighted by Gasteiger charge is -2.17. The second kappa shape index (κ2) is 5.71. The molecule has 0 radical (unpaired) electrons. The highest BCUT2D eigenvalue weighted by Crippen LogP contribution is 2.25. The molecule has 2 aromatic carbocycles. The molecule has 0 aliphatic heterocycles. The van der Waals surface area contributed by atoms with Crippen LogP contribution in [0.5, 0.6) is 5.75 Å². The molecular weight excluding hydrogens is 242 g/mol. The number of fused-ring (bicyclic) bond motifs is 1. The van der Waals surface area contributed by atoms with Crippen molar-refractivity contribution in [2.24, 2.45) is 0 Å². The number of methoxy groups -OCH3 is 1. The number of nitrogens with zero attached hydrogens (tertiary/aromatic N) is 1. The summed E-state index contributed by atoms with van der Waals surface area (Å²) >= 11 is 0. The van der Waals surface area contributed by atoms with Gasteiger partial charge in [-0.3, -0.25) is 4.79 Å². The Morgan fingerprint density at radius 1 is 1.21 bits per heavy atom. The number of aliphatic hydroxyl groups excluding tert-OH is 1. The van der Waals surface area contributed by atoms with Crippen molar-refractivity contribution < 1.29 is 14.6 Å². The molecule has 2 rings (SSSR count). The van der Waals surface area contributed by atoms with E-state index in [0.717, 1.165) is 22.2 Å². The van der Waals surface area contributed by atoms with Crippen molar-refractivity contribution in [3.63, 3.8) is 0 Å². The molecule has 0 unspecified atom stereocenters. The summed E-state index contributed by atoms with van der Waals surface area (Å²) in [5.74, 6) is 0.709. The number of anilines is 1. The number of ether oxygens (including phenoxy) is 1. The maximum atomic E-state index is 11.7. The summed E-state index contributed by atoms with van der Waals surface area (Å²) in [6.45, 7) is -0.131. The Hall–Kier alpha value is -2.07. The molecule has 0 fully saturated rings. The van der Waals surface area contributed by atoms with E-state index in [4.69, 9.17) is 9.84 Å². The number of rotatable bonds is 4. The van der Waals surface area contributed by atoms with E-state index in [-0.39, 0.29) is 18.9 Å². The largest absolute Gasteiger partial charge is 0.497 e. The van der Waals surface area contributed by atoms with Crippen LogP contribution in [-0.2, 0) is 4.79 Å². The van der Waals surface area contributed by atoms with Crippen LogP contribution in [0, 0.1) is 0 Å². The maximum absolute atomic E-state index is 11.7. The third kappa shape index (κ3) is 2.85. The topological polar surface area (TPSA) is 49.8 Å². The fraction of sp³-hybridized carbons (Fsp3) is 0.267. The number of carbonyl (C=O) groups excluding carboxylic acids is 1. The summed E-state index contributed by atoms with van der Waals surface area (Å²) in [4.78, 5) is 13.3. The molecule has 0 saturated heterocycles. The summed E-state index contributed by atoms with van der Waals surface area (Å²) in [6.07, 6.45) is 0.136. The smallest absolute Gasteiger partial charge is 0.229 e. The lowest BCUT2D eigenvalue weighted by Crippen LogP contribution is -2.26. The Morgan fingerprint density at radius 3 is 2.58 bits per heavy atom. The molecule has 0 heterocycles. The summed E-state index contributed by atoms with van der Waals surface area (Å²) < 4.78 is 5.18. The van der Waals surface area contributed by atoms with Crippen LogP contribution in [-0.4, -0.2) is 31.8 Å². The third-order valence-corrected chi connectivity index (χ3v) is 3.12. The minimum Gasteiger partial charge on any atom is -0.497 e. The van der Waals surface area contributed by atoms with Crippen molar-refractivity contribution in [1.29, 1.82) is 0 Å². The van der Waals surface area contributed by atoms with Gasteiger partial charge in [0.1, 0.15) is 5.75 Å². The second-order valence-electron chi connectivity index (χ2n) is 4.32. The highest BCUT2D eigenvalue weighted by atomic mass is 16.5. The van der Waals surface area contributed by atoms with E-state index in [1.807, 2.05) is 36.4 Å². The van der Waals surface area contributed by atoms with Crippen LogP contribution in [0.2, 0.25) is 0 Å². The zero-order chi connectivity index (χ0) is 13.8. The predicted molar refractivity (Wildman–Crippen MR) is 75.6 cm³/mol. The molecule has 1 amide bonds. The molecule has 0 aliphatic carbocycles. The minimum atomic E-state index is -0.131. The number of aliphatic hydroxyl groups is 1. The number of carbonyl (C=O) groups is 1. The van der Waals surface area contributed by atoms with E-state index in [1.54, 1.807) is 19.1 Å². The number of benzene rings is 2. The Labute approximate surface area is 112 Å². The Kier molecular flexibility index (Phi) is 4.02. The molecule has 0 bridgehead atoms. The molecule has 1 N–H and O–H groups in total.